The van der Waals surface area contributed by atoms with E-state index in [9.17, 15) is 0 Å². The van der Waals surface area contributed by atoms with E-state index in [4.69, 9.17) is 15.3 Å². The van der Waals surface area contributed by atoms with Crippen LogP contribution in [0.4, 0.5) is 0 Å². The third kappa shape index (κ3) is 3.41. The zero-order chi connectivity index (χ0) is 12.0. The Hall–Kier alpha value is -2.37. The minimum absolute atomic E-state index is 1.04. The molecule has 0 amide bonds. The van der Waals surface area contributed by atoms with Crippen molar-refractivity contribution >= 4 is 0 Å². The first kappa shape index (κ1) is 11.7. The molecule has 6 heteroatoms. The molecule has 0 bridgehead atoms. The molecular formula is C10H11N3O3. The summed E-state index contributed by atoms with van der Waals surface area (Å²) in [6.07, 6.45) is 1.72. The molecule has 0 saturated heterocycles. The van der Waals surface area contributed by atoms with Crippen LogP contribution in [0, 0.1) is 17.0 Å². The summed E-state index contributed by atoms with van der Waals surface area (Å²) in [6, 6.07) is 10.2. The van der Waals surface area contributed by atoms with E-state index in [1.807, 2.05) is 25.1 Å². The lowest BCUT2D eigenvalue weighted by atomic mass is 10.1. The lowest BCUT2D eigenvalue weighted by molar-refractivity contribution is -0.742. The van der Waals surface area contributed by atoms with Crippen molar-refractivity contribution in [1.29, 1.82) is 0 Å². The summed E-state index contributed by atoms with van der Waals surface area (Å²) in [4.78, 5) is 15.6. The predicted molar refractivity (Wildman–Crippen MR) is 57.5 cm³/mol. The third-order valence-corrected chi connectivity index (χ3v) is 1.88. The maximum atomic E-state index is 8.36. The number of nitrogens with one attached hydrogen (secondary N) is 1. The first-order valence-electron chi connectivity index (χ1n) is 4.50. The van der Waals surface area contributed by atoms with E-state index >= 15 is 0 Å². The van der Waals surface area contributed by atoms with Gasteiger partial charge in [0.25, 0.3) is 5.09 Å². The van der Waals surface area contributed by atoms with Crippen molar-refractivity contribution in [2.24, 2.45) is 0 Å². The van der Waals surface area contributed by atoms with E-state index in [0.29, 0.717) is 0 Å². The average Bonchev–Trinajstić information content (AvgIpc) is 2.65. The summed E-state index contributed by atoms with van der Waals surface area (Å²) < 4.78 is 0. The number of aromatic amines is 1. The molecule has 0 aliphatic carbocycles. The Morgan fingerprint density at radius 2 is 1.94 bits per heavy atom. The van der Waals surface area contributed by atoms with E-state index in [2.05, 4.69) is 22.1 Å². The maximum Gasteiger partial charge on any atom is 0.291 e. The van der Waals surface area contributed by atoms with Crippen LogP contribution in [0.1, 0.15) is 5.69 Å². The van der Waals surface area contributed by atoms with Gasteiger partial charge in [0.15, 0.2) is 0 Å². The van der Waals surface area contributed by atoms with E-state index in [0.717, 1.165) is 17.0 Å². The van der Waals surface area contributed by atoms with Crippen molar-refractivity contribution in [3.63, 3.8) is 0 Å². The molecule has 1 aromatic carbocycles. The highest BCUT2D eigenvalue weighted by atomic mass is 16.9. The van der Waals surface area contributed by atoms with Crippen LogP contribution in [0.3, 0.4) is 0 Å². The van der Waals surface area contributed by atoms with Crippen molar-refractivity contribution in [1.82, 2.24) is 9.97 Å². The summed E-state index contributed by atoms with van der Waals surface area (Å²) in [6.45, 7) is 2.02. The maximum absolute atomic E-state index is 8.36. The second kappa shape index (κ2) is 5.50. The molecule has 1 heterocycles. The second-order valence-corrected chi connectivity index (χ2v) is 2.98. The molecule has 2 aromatic rings. The Morgan fingerprint density at radius 1 is 1.38 bits per heavy atom. The van der Waals surface area contributed by atoms with Crippen LogP contribution >= 0.6 is 0 Å². The van der Waals surface area contributed by atoms with Gasteiger partial charge < -0.3 is 10.2 Å². The Bertz CT molecular complexity index is 449. The van der Waals surface area contributed by atoms with Gasteiger partial charge in [0, 0.05) is 11.3 Å². The number of aryl methyl sites for hydroxylation is 1. The van der Waals surface area contributed by atoms with Crippen molar-refractivity contribution in [2.45, 2.75) is 6.92 Å². The molecule has 16 heavy (non-hydrogen) atoms. The number of hydrogen-bond acceptors (Lipinski definition) is 3. The molecule has 2 rings (SSSR count). The quantitative estimate of drug-likeness (QED) is 0.569. The molecule has 0 radical (unpaired) electrons. The summed E-state index contributed by atoms with van der Waals surface area (Å²) in [5.74, 6) is 0. The SMILES string of the molecule is Cc1[nH]cnc1-c1ccccc1.O=[N+]([O-])O. The molecule has 84 valence electrons. The lowest BCUT2D eigenvalue weighted by Gasteiger charge is -1.96. The third-order valence-electron chi connectivity index (χ3n) is 1.88. The van der Waals surface area contributed by atoms with Crippen LogP contribution in [0.5, 0.6) is 0 Å². The Kier molecular flexibility index (Phi) is 4.02. The van der Waals surface area contributed by atoms with Crippen LogP contribution in [0.25, 0.3) is 11.3 Å². The van der Waals surface area contributed by atoms with E-state index in [1.165, 1.54) is 0 Å². The molecule has 0 spiro atoms. The molecule has 2 N–H and O–H groups in total. The van der Waals surface area contributed by atoms with Crippen molar-refractivity contribution in [3.05, 3.63) is 52.5 Å². The minimum Gasteiger partial charge on any atom is -0.348 e. The van der Waals surface area contributed by atoms with Gasteiger partial charge in [-0.3, -0.25) is 0 Å². The number of benzene rings is 1. The van der Waals surface area contributed by atoms with Gasteiger partial charge in [0.2, 0.25) is 0 Å². The number of nitrogens with zero attached hydrogens (tertiary/aromatic N) is 2. The van der Waals surface area contributed by atoms with E-state index in [1.54, 1.807) is 6.33 Å². The fraction of sp³-hybridized carbons (Fsp3) is 0.100. The summed E-state index contributed by atoms with van der Waals surface area (Å²) in [5, 5.41) is 13.6. The highest BCUT2D eigenvalue weighted by Gasteiger charge is 2.01. The normalized spacial score (nSPS) is 9.06. The van der Waals surface area contributed by atoms with Gasteiger partial charge in [-0.05, 0) is 6.92 Å². The minimum atomic E-state index is -1.50. The number of rotatable bonds is 1. The molecule has 0 aliphatic rings. The first-order chi connectivity index (χ1) is 7.61. The fourth-order valence-electron chi connectivity index (χ4n) is 1.25. The Labute approximate surface area is 91.7 Å². The van der Waals surface area contributed by atoms with Crippen molar-refractivity contribution in [2.75, 3.05) is 0 Å². The molecule has 0 atom stereocenters. The van der Waals surface area contributed by atoms with Gasteiger partial charge in [0.1, 0.15) is 0 Å². The molecule has 1 aromatic heterocycles. The molecule has 0 unspecified atom stereocenters. The zero-order valence-corrected chi connectivity index (χ0v) is 8.62. The average molecular weight is 221 g/mol. The number of imidazole rings is 1. The Morgan fingerprint density at radius 3 is 2.38 bits per heavy atom. The summed E-state index contributed by atoms with van der Waals surface area (Å²) >= 11 is 0. The topological polar surface area (TPSA) is 92.0 Å². The second-order valence-electron chi connectivity index (χ2n) is 2.98. The van der Waals surface area contributed by atoms with Crippen molar-refractivity contribution < 1.29 is 10.3 Å². The molecule has 0 saturated carbocycles. The monoisotopic (exact) mass is 221 g/mol. The standard InChI is InChI=1S/C10H10N2.HNO3/c1-8-10(12-7-11-8)9-5-3-2-4-6-9;2-1(3)4/h2-7H,1H3,(H,11,12);(H,2,3,4). The Balaban J connectivity index is 0.000000280. The molecule has 6 nitrogen and oxygen atoms in total. The van der Waals surface area contributed by atoms with E-state index < -0.39 is 5.09 Å². The lowest BCUT2D eigenvalue weighted by Crippen LogP contribution is -1.81. The van der Waals surface area contributed by atoms with Crippen LogP contribution in [-0.2, 0) is 0 Å². The number of H-pyrrole nitrogens is 1. The number of hydrogen-bond donors (Lipinski definition) is 2. The zero-order valence-electron chi connectivity index (χ0n) is 8.62. The first-order valence-corrected chi connectivity index (χ1v) is 4.50. The summed E-state index contributed by atoms with van der Waals surface area (Å²) in [5.41, 5.74) is 3.31. The van der Waals surface area contributed by atoms with Gasteiger partial charge >= 0.3 is 0 Å². The van der Waals surface area contributed by atoms with Gasteiger partial charge in [-0.2, -0.15) is 0 Å². The molecule has 0 aliphatic heterocycles. The largest absolute Gasteiger partial charge is 0.348 e. The van der Waals surface area contributed by atoms with Gasteiger partial charge in [0.05, 0.1) is 12.0 Å². The highest BCUT2D eigenvalue weighted by Crippen LogP contribution is 2.18. The smallest absolute Gasteiger partial charge is 0.291 e. The van der Waals surface area contributed by atoms with Crippen molar-refractivity contribution in [3.8, 4) is 11.3 Å². The van der Waals surface area contributed by atoms with Crippen LogP contribution in [0.15, 0.2) is 36.7 Å². The number of aromatic nitrogens is 2. The van der Waals surface area contributed by atoms with Crippen LogP contribution < -0.4 is 0 Å². The van der Waals surface area contributed by atoms with Gasteiger partial charge in [-0.15, -0.1) is 10.1 Å². The fourth-order valence-corrected chi connectivity index (χ4v) is 1.25. The van der Waals surface area contributed by atoms with Gasteiger partial charge in [-0.1, -0.05) is 30.3 Å². The van der Waals surface area contributed by atoms with E-state index in [-0.39, 0.29) is 0 Å². The van der Waals surface area contributed by atoms with Gasteiger partial charge in [-0.25, -0.2) is 4.98 Å². The summed E-state index contributed by atoms with van der Waals surface area (Å²) in [7, 11) is 0. The highest BCUT2D eigenvalue weighted by molar-refractivity contribution is 5.60. The molecular weight excluding hydrogens is 210 g/mol. The predicted octanol–water partition coefficient (Wildman–Crippen LogP) is 2.04. The van der Waals surface area contributed by atoms with Crippen LogP contribution in [-0.4, -0.2) is 20.3 Å². The molecule has 0 fully saturated rings. The van der Waals surface area contributed by atoms with Crippen LogP contribution in [0.2, 0.25) is 0 Å².